The average molecular weight is 384 g/mol. The van der Waals surface area contributed by atoms with E-state index in [-0.39, 0.29) is 0 Å². The molecule has 0 aromatic heterocycles. The van der Waals surface area contributed by atoms with Gasteiger partial charge in [-0.1, -0.05) is 44.2 Å². The van der Waals surface area contributed by atoms with Gasteiger partial charge >= 0.3 is 0 Å². The van der Waals surface area contributed by atoms with Gasteiger partial charge in [-0.25, -0.2) is 0 Å². The molecular formula is C24H37N3O. The molecule has 2 aliphatic heterocycles. The topological polar surface area (TPSA) is 35.6 Å². The zero-order valence-corrected chi connectivity index (χ0v) is 17.6. The molecule has 28 heavy (non-hydrogen) atoms. The third-order valence-corrected chi connectivity index (χ3v) is 7.14. The van der Waals surface area contributed by atoms with Crippen LogP contribution in [0.25, 0.3) is 0 Å². The Labute approximate surface area is 170 Å². The van der Waals surface area contributed by atoms with Crippen LogP contribution >= 0.6 is 0 Å². The maximum absolute atomic E-state index is 12.8. The van der Waals surface area contributed by atoms with E-state index in [4.69, 9.17) is 0 Å². The smallest absolute Gasteiger partial charge is 0.227 e. The number of carbonyl (C=O) groups excluding carboxylic acids is 1. The van der Waals surface area contributed by atoms with Gasteiger partial charge in [0.2, 0.25) is 5.91 Å². The van der Waals surface area contributed by atoms with Gasteiger partial charge in [-0.15, -0.1) is 0 Å². The van der Waals surface area contributed by atoms with Crippen LogP contribution in [0.3, 0.4) is 0 Å². The number of fused-ring (bicyclic) bond motifs is 1. The van der Waals surface area contributed by atoms with Crippen LogP contribution < -0.4 is 10.2 Å². The molecule has 0 bridgehead atoms. The number of rotatable bonds is 6. The predicted octanol–water partition coefficient (Wildman–Crippen LogP) is 3.77. The van der Waals surface area contributed by atoms with Crippen molar-refractivity contribution < 1.29 is 4.79 Å². The molecule has 0 spiro atoms. The fourth-order valence-electron chi connectivity index (χ4n) is 5.37. The van der Waals surface area contributed by atoms with Crippen LogP contribution in [0, 0.1) is 5.92 Å². The maximum atomic E-state index is 12.8. The predicted molar refractivity (Wildman–Crippen MR) is 116 cm³/mol. The molecule has 2 heterocycles. The number of nitrogens with one attached hydrogen (secondary N) is 1. The van der Waals surface area contributed by atoms with Crippen LogP contribution in [-0.4, -0.2) is 49.6 Å². The summed E-state index contributed by atoms with van der Waals surface area (Å²) in [5.74, 6) is 1.12. The van der Waals surface area contributed by atoms with Gasteiger partial charge in [-0.3, -0.25) is 9.69 Å². The van der Waals surface area contributed by atoms with Gasteiger partial charge in [0.05, 0.1) is 0 Å². The highest BCUT2D eigenvalue weighted by Crippen LogP contribution is 2.32. The largest absolute Gasteiger partial charge is 0.314 e. The summed E-state index contributed by atoms with van der Waals surface area (Å²) >= 11 is 0. The van der Waals surface area contributed by atoms with E-state index in [0.29, 0.717) is 11.9 Å². The first-order valence-electron chi connectivity index (χ1n) is 11.6. The first kappa shape index (κ1) is 19.9. The minimum absolute atomic E-state index is 0.339. The molecule has 1 N–H and O–H groups in total. The zero-order chi connectivity index (χ0) is 19.3. The summed E-state index contributed by atoms with van der Waals surface area (Å²) in [7, 11) is 0. The molecule has 0 radical (unpaired) electrons. The highest BCUT2D eigenvalue weighted by Gasteiger charge is 2.26. The van der Waals surface area contributed by atoms with E-state index in [9.17, 15) is 4.79 Å². The molecule has 154 valence electrons. The van der Waals surface area contributed by atoms with Crippen LogP contribution in [-0.2, 0) is 17.6 Å². The summed E-state index contributed by atoms with van der Waals surface area (Å²) in [4.78, 5) is 17.5. The van der Waals surface area contributed by atoms with Crippen LogP contribution in [0.5, 0.6) is 0 Å². The van der Waals surface area contributed by atoms with Crippen molar-refractivity contribution in [1.82, 2.24) is 10.2 Å². The lowest BCUT2D eigenvalue weighted by Gasteiger charge is -2.33. The molecule has 4 heteroatoms. The minimum Gasteiger partial charge on any atom is -0.314 e. The summed E-state index contributed by atoms with van der Waals surface area (Å²) in [6.07, 6.45) is 10.7. The molecule has 4 nitrogen and oxygen atoms in total. The Morgan fingerprint density at radius 2 is 1.93 bits per heavy atom. The van der Waals surface area contributed by atoms with E-state index in [2.05, 4.69) is 40.2 Å². The van der Waals surface area contributed by atoms with Gasteiger partial charge in [-0.2, -0.15) is 0 Å². The highest BCUT2D eigenvalue weighted by molar-refractivity contribution is 5.95. The number of amides is 1. The van der Waals surface area contributed by atoms with Crippen LogP contribution in [0.2, 0.25) is 0 Å². The van der Waals surface area contributed by atoms with Crippen molar-refractivity contribution in [2.45, 2.75) is 70.8 Å². The van der Waals surface area contributed by atoms with Crippen molar-refractivity contribution in [3.05, 3.63) is 29.3 Å². The van der Waals surface area contributed by atoms with Crippen molar-refractivity contribution in [2.24, 2.45) is 5.92 Å². The summed E-state index contributed by atoms with van der Waals surface area (Å²) in [6, 6.07) is 7.41. The normalized spacial score (nSPS) is 22.2. The van der Waals surface area contributed by atoms with Gasteiger partial charge in [-0.05, 0) is 49.3 Å². The number of carbonyl (C=O) groups is 1. The van der Waals surface area contributed by atoms with Gasteiger partial charge in [0, 0.05) is 50.9 Å². The van der Waals surface area contributed by atoms with Crippen LogP contribution in [0.1, 0.15) is 63.0 Å². The second-order valence-corrected chi connectivity index (χ2v) is 9.14. The molecule has 1 aliphatic carbocycles. The lowest BCUT2D eigenvalue weighted by molar-refractivity contribution is -0.118. The fraction of sp³-hybridized carbons (Fsp3) is 0.708. The molecule has 1 aromatic carbocycles. The summed E-state index contributed by atoms with van der Waals surface area (Å²) < 4.78 is 0. The summed E-state index contributed by atoms with van der Waals surface area (Å²) in [6.45, 7) is 7.72. The van der Waals surface area contributed by atoms with Crippen molar-refractivity contribution in [2.75, 3.05) is 37.6 Å². The fourth-order valence-corrected chi connectivity index (χ4v) is 5.37. The van der Waals surface area contributed by atoms with E-state index >= 15 is 0 Å². The molecule has 1 unspecified atom stereocenters. The minimum atomic E-state index is 0.339. The molecule has 1 saturated heterocycles. The Balaban J connectivity index is 1.32. The quantitative estimate of drug-likeness (QED) is 0.812. The van der Waals surface area contributed by atoms with E-state index in [1.807, 2.05) is 0 Å². The number of benzene rings is 1. The lowest BCUT2D eigenvalue weighted by Crippen LogP contribution is -2.48. The number of piperazine rings is 1. The third-order valence-electron chi connectivity index (χ3n) is 7.14. The molecular weight excluding hydrogens is 346 g/mol. The van der Waals surface area contributed by atoms with Crippen LogP contribution in [0.15, 0.2) is 18.2 Å². The van der Waals surface area contributed by atoms with E-state index in [1.165, 1.54) is 48.9 Å². The van der Waals surface area contributed by atoms with Crippen molar-refractivity contribution in [1.29, 1.82) is 0 Å². The number of nitrogens with zero attached hydrogens (tertiary/aromatic N) is 2. The van der Waals surface area contributed by atoms with Crippen molar-refractivity contribution >= 4 is 11.6 Å². The summed E-state index contributed by atoms with van der Waals surface area (Å²) in [5.41, 5.74) is 3.96. The first-order chi connectivity index (χ1) is 13.7. The molecule has 4 rings (SSSR count). The Bertz CT molecular complexity index is 662. The number of hydrogen-bond donors (Lipinski definition) is 1. The molecule has 1 aromatic rings. The number of hydrogen-bond acceptors (Lipinski definition) is 3. The van der Waals surface area contributed by atoms with Gasteiger partial charge < -0.3 is 10.2 Å². The van der Waals surface area contributed by atoms with Gasteiger partial charge in [0.1, 0.15) is 0 Å². The Hall–Kier alpha value is -1.39. The monoisotopic (exact) mass is 383 g/mol. The van der Waals surface area contributed by atoms with Gasteiger partial charge in [0.25, 0.3) is 0 Å². The second kappa shape index (κ2) is 9.41. The molecule has 1 amide bonds. The molecule has 2 fully saturated rings. The number of anilines is 1. The van der Waals surface area contributed by atoms with Gasteiger partial charge in [0.15, 0.2) is 0 Å². The molecule has 1 atom stereocenters. The molecule has 1 saturated carbocycles. The van der Waals surface area contributed by atoms with E-state index < -0.39 is 0 Å². The Morgan fingerprint density at radius 3 is 2.71 bits per heavy atom. The second-order valence-electron chi connectivity index (χ2n) is 9.14. The summed E-state index contributed by atoms with van der Waals surface area (Å²) in [5, 5.41) is 3.43. The maximum Gasteiger partial charge on any atom is 0.227 e. The molecule has 3 aliphatic rings. The van der Waals surface area contributed by atoms with E-state index in [1.54, 1.807) is 0 Å². The SMILES string of the molecule is CC(Cc1ccc2c(c1)CCN2C(=O)CCC1CCCCC1)N1CCNCC1. The average Bonchev–Trinajstić information content (AvgIpc) is 3.17. The highest BCUT2D eigenvalue weighted by atomic mass is 16.2. The first-order valence-corrected chi connectivity index (χ1v) is 11.6. The standard InChI is InChI=1S/C24H37N3O/c1-19(26-15-12-25-13-16-26)17-21-7-9-23-22(18-21)11-14-27(23)24(28)10-8-20-5-3-2-4-6-20/h7,9,18-20,25H,2-6,8,10-17H2,1H3. The van der Waals surface area contributed by atoms with E-state index in [0.717, 1.165) is 64.3 Å². The van der Waals surface area contributed by atoms with Crippen molar-refractivity contribution in [3.63, 3.8) is 0 Å². The Kier molecular flexibility index (Phi) is 6.69. The zero-order valence-electron chi connectivity index (χ0n) is 17.6. The third kappa shape index (κ3) is 4.77. The Morgan fingerprint density at radius 1 is 1.14 bits per heavy atom. The lowest BCUT2D eigenvalue weighted by atomic mass is 9.86. The van der Waals surface area contributed by atoms with Crippen LogP contribution in [0.4, 0.5) is 5.69 Å². The van der Waals surface area contributed by atoms with Crippen molar-refractivity contribution in [3.8, 4) is 0 Å².